The van der Waals surface area contributed by atoms with Crippen LogP contribution in [0, 0.1) is 0 Å². The maximum Gasteiger partial charge on any atom is 0.308 e. The van der Waals surface area contributed by atoms with Gasteiger partial charge in [0, 0.05) is 18.4 Å². The molecule has 4 heteroatoms. The van der Waals surface area contributed by atoms with Gasteiger partial charge in [0.1, 0.15) is 0 Å². The fraction of sp³-hybridized carbons (Fsp3) is 0.294. The van der Waals surface area contributed by atoms with Gasteiger partial charge in [0.2, 0.25) is 0 Å². The number of carbonyl (C=O) groups excluding carboxylic acids is 2. The third-order valence-corrected chi connectivity index (χ3v) is 3.10. The monoisotopic (exact) mass is 286 g/mol. The largest absolute Gasteiger partial charge is 0.421 e. The summed E-state index contributed by atoms with van der Waals surface area (Å²) in [6, 6.07) is 13.4. The molecule has 0 heterocycles. The van der Waals surface area contributed by atoms with Crippen LogP contribution in [0.25, 0.3) is 10.8 Å². The number of esters is 2. The lowest BCUT2D eigenvalue weighted by atomic mass is 10.1. The Bertz CT molecular complexity index is 630. The zero-order chi connectivity index (χ0) is 15.2. The number of ether oxygens (including phenoxy) is 2. The molecule has 21 heavy (non-hydrogen) atoms. The Morgan fingerprint density at radius 2 is 1.48 bits per heavy atom. The maximum atomic E-state index is 11.5. The maximum absolute atomic E-state index is 11.5. The van der Waals surface area contributed by atoms with Gasteiger partial charge >= 0.3 is 11.9 Å². The fourth-order valence-electron chi connectivity index (χ4n) is 1.92. The standard InChI is InChI=1S/C17H18O4/c1-3-15(18)20-17(21-16(19)4-2)14-10-9-12-7-5-6-8-13(12)11-14/h5-11,17H,3-4H2,1-2H3. The van der Waals surface area contributed by atoms with Crippen molar-refractivity contribution in [2.45, 2.75) is 33.0 Å². The van der Waals surface area contributed by atoms with Crippen molar-refractivity contribution in [3.05, 3.63) is 48.0 Å². The molecule has 0 aromatic heterocycles. The SMILES string of the molecule is CCC(=O)OC(OC(=O)CC)c1ccc2ccccc2c1. The van der Waals surface area contributed by atoms with Gasteiger partial charge in [-0.2, -0.15) is 0 Å². The van der Waals surface area contributed by atoms with Crippen molar-refractivity contribution in [3.63, 3.8) is 0 Å². The Hall–Kier alpha value is -2.36. The topological polar surface area (TPSA) is 52.6 Å². The molecule has 0 aliphatic carbocycles. The van der Waals surface area contributed by atoms with E-state index in [0.717, 1.165) is 10.8 Å². The molecule has 2 rings (SSSR count). The summed E-state index contributed by atoms with van der Waals surface area (Å²) in [6.07, 6.45) is -0.531. The van der Waals surface area contributed by atoms with Gasteiger partial charge < -0.3 is 9.47 Å². The van der Waals surface area contributed by atoms with Crippen molar-refractivity contribution < 1.29 is 19.1 Å². The third kappa shape index (κ3) is 3.81. The Morgan fingerprint density at radius 3 is 2.05 bits per heavy atom. The fourth-order valence-corrected chi connectivity index (χ4v) is 1.92. The molecule has 110 valence electrons. The molecule has 4 nitrogen and oxygen atoms in total. The minimum Gasteiger partial charge on any atom is -0.421 e. The van der Waals surface area contributed by atoms with Gasteiger partial charge in [-0.25, -0.2) is 0 Å². The van der Waals surface area contributed by atoms with E-state index < -0.39 is 18.2 Å². The second-order valence-corrected chi connectivity index (χ2v) is 4.63. The Kier molecular flexibility index (Phi) is 4.93. The van der Waals surface area contributed by atoms with Gasteiger partial charge in [-0.15, -0.1) is 0 Å². The van der Waals surface area contributed by atoms with Crippen LogP contribution in [-0.4, -0.2) is 11.9 Å². The van der Waals surface area contributed by atoms with Crippen LogP contribution in [0.1, 0.15) is 38.5 Å². The van der Waals surface area contributed by atoms with E-state index >= 15 is 0 Å². The summed E-state index contributed by atoms with van der Waals surface area (Å²) in [6.45, 7) is 3.39. The molecule has 0 fully saturated rings. The van der Waals surface area contributed by atoms with Crippen LogP contribution in [0.2, 0.25) is 0 Å². The molecule has 2 aromatic rings. The Morgan fingerprint density at radius 1 is 0.905 bits per heavy atom. The molecule has 0 aliphatic heterocycles. The summed E-state index contributed by atoms with van der Waals surface area (Å²) in [5, 5.41) is 2.07. The summed E-state index contributed by atoms with van der Waals surface area (Å²) >= 11 is 0. The number of carbonyl (C=O) groups is 2. The molecule has 0 saturated heterocycles. The van der Waals surface area contributed by atoms with E-state index in [1.165, 1.54) is 0 Å². The number of hydrogen-bond acceptors (Lipinski definition) is 4. The first-order valence-electron chi connectivity index (χ1n) is 7.01. The van der Waals surface area contributed by atoms with Gasteiger partial charge in [0.25, 0.3) is 6.29 Å². The second-order valence-electron chi connectivity index (χ2n) is 4.63. The van der Waals surface area contributed by atoms with Crippen LogP contribution in [-0.2, 0) is 19.1 Å². The quantitative estimate of drug-likeness (QED) is 0.620. The van der Waals surface area contributed by atoms with E-state index in [2.05, 4.69) is 0 Å². The highest BCUT2D eigenvalue weighted by atomic mass is 16.7. The number of benzene rings is 2. The summed E-state index contributed by atoms with van der Waals surface area (Å²) in [5.74, 6) is -0.811. The van der Waals surface area contributed by atoms with Crippen molar-refractivity contribution in [2.24, 2.45) is 0 Å². The predicted octanol–water partition coefficient (Wildman–Crippen LogP) is 3.74. The predicted molar refractivity (Wildman–Crippen MR) is 79.5 cm³/mol. The van der Waals surface area contributed by atoms with Crippen molar-refractivity contribution in [1.29, 1.82) is 0 Å². The van der Waals surface area contributed by atoms with Gasteiger partial charge in [-0.3, -0.25) is 9.59 Å². The van der Waals surface area contributed by atoms with E-state index in [1.54, 1.807) is 19.9 Å². The average molecular weight is 286 g/mol. The van der Waals surface area contributed by atoms with Crippen LogP contribution in [0.3, 0.4) is 0 Å². The van der Waals surface area contributed by atoms with E-state index in [1.807, 2.05) is 36.4 Å². The van der Waals surface area contributed by atoms with Crippen LogP contribution < -0.4 is 0 Å². The van der Waals surface area contributed by atoms with Crippen molar-refractivity contribution in [1.82, 2.24) is 0 Å². The zero-order valence-electron chi connectivity index (χ0n) is 12.2. The highest BCUT2D eigenvalue weighted by Crippen LogP contribution is 2.24. The highest BCUT2D eigenvalue weighted by Gasteiger charge is 2.20. The zero-order valence-corrected chi connectivity index (χ0v) is 12.2. The molecule has 0 aliphatic rings. The minimum absolute atomic E-state index is 0.230. The van der Waals surface area contributed by atoms with Gasteiger partial charge in [0.15, 0.2) is 0 Å². The van der Waals surface area contributed by atoms with Gasteiger partial charge in [0.05, 0.1) is 0 Å². The van der Waals surface area contributed by atoms with E-state index in [4.69, 9.17) is 9.47 Å². The normalized spacial score (nSPS) is 10.6. The molecule has 0 bridgehead atoms. The first-order chi connectivity index (χ1) is 10.1. The first-order valence-corrected chi connectivity index (χ1v) is 7.01. The van der Waals surface area contributed by atoms with Crippen LogP contribution in [0.4, 0.5) is 0 Å². The molecule has 0 amide bonds. The van der Waals surface area contributed by atoms with Gasteiger partial charge in [-0.05, 0) is 16.8 Å². The molecule has 2 aromatic carbocycles. The van der Waals surface area contributed by atoms with E-state index in [-0.39, 0.29) is 12.8 Å². The number of rotatable bonds is 5. The molecule has 0 N–H and O–H groups in total. The molecule has 0 saturated carbocycles. The third-order valence-electron chi connectivity index (χ3n) is 3.10. The molecule has 0 radical (unpaired) electrons. The van der Waals surface area contributed by atoms with E-state index in [9.17, 15) is 9.59 Å². The smallest absolute Gasteiger partial charge is 0.308 e. The Balaban J connectivity index is 2.32. The van der Waals surface area contributed by atoms with Crippen LogP contribution in [0.15, 0.2) is 42.5 Å². The summed E-state index contributed by atoms with van der Waals surface area (Å²) < 4.78 is 10.5. The highest BCUT2D eigenvalue weighted by molar-refractivity contribution is 5.83. The lowest BCUT2D eigenvalue weighted by Crippen LogP contribution is -2.17. The average Bonchev–Trinajstić information content (AvgIpc) is 2.53. The summed E-state index contributed by atoms with van der Waals surface area (Å²) in [4.78, 5) is 23.0. The van der Waals surface area contributed by atoms with Crippen molar-refractivity contribution in [3.8, 4) is 0 Å². The molecular weight excluding hydrogens is 268 g/mol. The summed E-state index contributed by atoms with van der Waals surface area (Å²) in [5.41, 5.74) is 0.650. The van der Waals surface area contributed by atoms with Crippen LogP contribution in [0.5, 0.6) is 0 Å². The van der Waals surface area contributed by atoms with Gasteiger partial charge in [-0.1, -0.05) is 50.2 Å². The Labute approximate surface area is 123 Å². The lowest BCUT2D eigenvalue weighted by Gasteiger charge is -2.18. The minimum atomic E-state index is -0.991. The second kappa shape index (κ2) is 6.88. The number of fused-ring (bicyclic) bond motifs is 1. The van der Waals surface area contributed by atoms with Crippen molar-refractivity contribution >= 4 is 22.7 Å². The molecule has 0 unspecified atom stereocenters. The molecular formula is C17H18O4. The molecule has 0 spiro atoms. The summed E-state index contributed by atoms with van der Waals surface area (Å²) in [7, 11) is 0. The van der Waals surface area contributed by atoms with E-state index in [0.29, 0.717) is 5.56 Å². The lowest BCUT2D eigenvalue weighted by molar-refractivity contribution is -0.189. The number of hydrogen-bond donors (Lipinski definition) is 0. The molecule has 0 atom stereocenters. The van der Waals surface area contributed by atoms with Crippen molar-refractivity contribution in [2.75, 3.05) is 0 Å². The van der Waals surface area contributed by atoms with Crippen LogP contribution >= 0.6 is 0 Å². The first kappa shape index (κ1) is 15.0.